The first-order valence-corrected chi connectivity index (χ1v) is 9.99. The summed E-state index contributed by atoms with van der Waals surface area (Å²) < 4.78 is 11.0. The highest BCUT2D eigenvalue weighted by Gasteiger charge is 2.27. The monoisotopic (exact) mass is 393 g/mol. The molecule has 1 aliphatic heterocycles. The molecule has 0 amide bonds. The Morgan fingerprint density at radius 2 is 1.79 bits per heavy atom. The SMILES string of the molecule is COc1ccc(OCCc2cc([C@@H]3CCN(c4nc(C)cc(C)n4)C3)n[nH]2)cc1. The van der Waals surface area contributed by atoms with Crippen molar-refractivity contribution in [3.63, 3.8) is 0 Å². The van der Waals surface area contributed by atoms with E-state index < -0.39 is 0 Å². The topological polar surface area (TPSA) is 76.2 Å². The Balaban J connectivity index is 1.30. The van der Waals surface area contributed by atoms with Crippen LogP contribution in [0.2, 0.25) is 0 Å². The molecular formula is C22H27N5O2. The van der Waals surface area contributed by atoms with Crippen molar-refractivity contribution in [2.24, 2.45) is 0 Å². The average Bonchev–Trinajstić information content (AvgIpc) is 3.37. The van der Waals surface area contributed by atoms with Crippen molar-refractivity contribution in [2.45, 2.75) is 32.6 Å². The highest BCUT2D eigenvalue weighted by molar-refractivity contribution is 5.36. The van der Waals surface area contributed by atoms with Crippen LogP contribution in [0.4, 0.5) is 5.95 Å². The van der Waals surface area contributed by atoms with Gasteiger partial charge in [-0.05, 0) is 56.7 Å². The molecule has 0 spiro atoms. The zero-order valence-corrected chi connectivity index (χ0v) is 17.2. The summed E-state index contributed by atoms with van der Waals surface area (Å²) in [4.78, 5) is 11.4. The van der Waals surface area contributed by atoms with Gasteiger partial charge in [-0.15, -0.1) is 0 Å². The summed E-state index contributed by atoms with van der Waals surface area (Å²) in [6, 6.07) is 11.8. The fourth-order valence-corrected chi connectivity index (χ4v) is 3.70. The molecule has 0 saturated carbocycles. The summed E-state index contributed by atoms with van der Waals surface area (Å²) in [7, 11) is 1.66. The summed E-state index contributed by atoms with van der Waals surface area (Å²) >= 11 is 0. The van der Waals surface area contributed by atoms with Crippen LogP contribution in [0.25, 0.3) is 0 Å². The molecule has 0 unspecified atom stereocenters. The predicted octanol–water partition coefficient (Wildman–Crippen LogP) is 3.44. The third-order valence-electron chi connectivity index (χ3n) is 5.21. The molecule has 3 heterocycles. The summed E-state index contributed by atoms with van der Waals surface area (Å²) in [5.41, 5.74) is 4.22. The number of aromatic nitrogens is 4. The van der Waals surface area contributed by atoms with E-state index in [1.807, 2.05) is 44.2 Å². The number of aryl methyl sites for hydroxylation is 2. The van der Waals surface area contributed by atoms with Crippen molar-refractivity contribution in [3.8, 4) is 11.5 Å². The van der Waals surface area contributed by atoms with E-state index in [9.17, 15) is 0 Å². The zero-order valence-electron chi connectivity index (χ0n) is 17.2. The average molecular weight is 393 g/mol. The number of nitrogens with one attached hydrogen (secondary N) is 1. The number of benzene rings is 1. The van der Waals surface area contributed by atoms with Gasteiger partial charge in [0.05, 0.1) is 19.4 Å². The lowest BCUT2D eigenvalue weighted by Gasteiger charge is -2.16. The van der Waals surface area contributed by atoms with Crippen LogP contribution in [0.3, 0.4) is 0 Å². The largest absolute Gasteiger partial charge is 0.497 e. The molecule has 1 fully saturated rings. The molecule has 1 aromatic carbocycles. The summed E-state index contributed by atoms with van der Waals surface area (Å²) in [5, 5.41) is 7.71. The Kier molecular flexibility index (Phi) is 5.64. The van der Waals surface area contributed by atoms with Crippen LogP contribution < -0.4 is 14.4 Å². The summed E-state index contributed by atoms with van der Waals surface area (Å²) in [6.07, 6.45) is 1.85. The molecule has 0 bridgehead atoms. The van der Waals surface area contributed by atoms with Crippen molar-refractivity contribution in [3.05, 3.63) is 59.2 Å². The summed E-state index contributed by atoms with van der Waals surface area (Å²) in [5.74, 6) is 2.89. The van der Waals surface area contributed by atoms with Gasteiger partial charge in [0.25, 0.3) is 0 Å². The molecule has 4 rings (SSSR count). The van der Waals surface area contributed by atoms with Gasteiger partial charge in [0.15, 0.2) is 0 Å². The fourth-order valence-electron chi connectivity index (χ4n) is 3.70. The van der Waals surface area contributed by atoms with Crippen LogP contribution in [-0.2, 0) is 6.42 Å². The molecule has 1 aliphatic rings. The van der Waals surface area contributed by atoms with Crippen LogP contribution >= 0.6 is 0 Å². The van der Waals surface area contributed by atoms with Gasteiger partial charge in [-0.2, -0.15) is 5.10 Å². The molecule has 1 atom stereocenters. The van der Waals surface area contributed by atoms with Gasteiger partial charge < -0.3 is 14.4 Å². The van der Waals surface area contributed by atoms with Crippen molar-refractivity contribution in [2.75, 3.05) is 31.7 Å². The molecule has 1 N–H and O–H groups in total. The summed E-state index contributed by atoms with van der Waals surface area (Å²) in [6.45, 7) is 6.48. The van der Waals surface area contributed by atoms with Crippen molar-refractivity contribution < 1.29 is 9.47 Å². The molecule has 7 nitrogen and oxygen atoms in total. The standard InChI is InChI=1S/C22H27N5O2/c1-15-12-16(2)24-22(23-15)27-10-8-17(14-27)21-13-18(25-26-21)9-11-29-20-6-4-19(28-3)5-7-20/h4-7,12-13,17H,8-11,14H2,1-3H3,(H,25,26)/t17-/m1/s1. The van der Waals surface area contributed by atoms with E-state index >= 15 is 0 Å². The van der Waals surface area contributed by atoms with Gasteiger partial charge in [0, 0.05) is 42.5 Å². The zero-order chi connectivity index (χ0) is 20.2. The minimum Gasteiger partial charge on any atom is -0.497 e. The Morgan fingerprint density at radius 3 is 2.52 bits per heavy atom. The van der Waals surface area contributed by atoms with Gasteiger partial charge in [-0.25, -0.2) is 9.97 Å². The number of ether oxygens (including phenoxy) is 2. The molecule has 7 heteroatoms. The van der Waals surface area contributed by atoms with Gasteiger partial charge in [-0.1, -0.05) is 0 Å². The maximum Gasteiger partial charge on any atom is 0.225 e. The quantitative estimate of drug-likeness (QED) is 0.663. The first kappa shape index (κ1) is 19.2. The van der Waals surface area contributed by atoms with Gasteiger partial charge in [0.2, 0.25) is 5.95 Å². The maximum atomic E-state index is 5.81. The van der Waals surface area contributed by atoms with E-state index in [0.29, 0.717) is 12.5 Å². The molecule has 1 saturated heterocycles. The van der Waals surface area contributed by atoms with E-state index in [2.05, 4.69) is 31.1 Å². The number of methoxy groups -OCH3 is 1. The van der Waals surface area contributed by atoms with Gasteiger partial charge in [0.1, 0.15) is 11.5 Å². The number of rotatable bonds is 7. The number of hydrogen-bond acceptors (Lipinski definition) is 6. The number of H-pyrrole nitrogens is 1. The highest BCUT2D eigenvalue weighted by atomic mass is 16.5. The number of nitrogens with zero attached hydrogens (tertiary/aromatic N) is 4. The molecule has 152 valence electrons. The van der Waals surface area contributed by atoms with Gasteiger partial charge >= 0.3 is 0 Å². The Hall–Kier alpha value is -3.09. The minimum absolute atomic E-state index is 0.395. The Bertz CT molecular complexity index is 934. The van der Waals surface area contributed by atoms with Crippen molar-refractivity contribution in [1.82, 2.24) is 20.2 Å². The van der Waals surface area contributed by atoms with Crippen LogP contribution in [-0.4, -0.2) is 47.0 Å². The Labute approximate surface area is 171 Å². The Morgan fingerprint density at radius 1 is 1.07 bits per heavy atom. The lowest BCUT2D eigenvalue weighted by Crippen LogP contribution is -2.22. The molecule has 0 radical (unpaired) electrons. The molecular weight excluding hydrogens is 366 g/mol. The van der Waals surface area contributed by atoms with E-state index in [-0.39, 0.29) is 0 Å². The first-order valence-electron chi connectivity index (χ1n) is 9.99. The normalized spacial score (nSPS) is 16.2. The van der Waals surface area contributed by atoms with Crippen LogP contribution in [0.1, 0.15) is 35.1 Å². The molecule has 0 aliphatic carbocycles. The minimum atomic E-state index is 0.395. The second kappa shape index (κ2) is 8.51. The van der Waals surface area contributed by atoms with E-state index in [1.165, 1.54) is 0 Å². The molecule has 2 aromatic heterocycles. The molecule has 3 aromatic rings. The van der Waals surface area contributed by atoms with E-state index in [0.717, 1.165) is 66.2 Å². The first-order chi connectivity index (χ1) is 14.1. The van der Waals surface area contributed by atoms with E-state index in [4.69, 9.17) is 9.47 Å². The van der Waals surface area contributed by atoms with Crippen LogP contribution in [0.5, 0.6) is 11.5 Å². The number of anilines is 1. The predicted molar refractivity (Wildman–Crippen MR) is 112 cm³/mol. The third-order valence-corrected chi connectivity index (χ3v) is 5.21. The van der Waals surface area contributed by atoms with Crippen molar-refractivity contribution in [1.29, 1.82) is 0 Å². The fraction of sp³-hybridized carbons (Fsp3) is 0.409. The molecule has 29 heavy (non-hydrogen) atoms. The number of aromatic amines is 1. The second-order valence-electron chi connectivity index (χ2n) is 7.47. The van der Waals surface area contributed by atoms with Crippen LogP contribution in [0.15, 0.2) is 36.4 Å². The lowest BCUT2D eigenvalue weighted by atomic mass is 10.0. The lowest BCUT2D eigenvalue weighted by molar-refractivity contribution is 0.319. The maximum absolute atomic E-state index is 5.81. The highest BCUT2D eigenvalue weighted by Crippen LogP contribution is 2.28. The number of hydrogen-bond donors (Lipinski definition) is 1. The van der Waals surface area contributed by atoms with E-state index in [1.54, 1.807) is 7.11 Å². The van der Waals surface area contributed by atoms with Gasteiger partial charge in [-0.3, -0.25) is 5.10 Å². The third kappa shape index (κ3) is 4.67. The van der Waals surface area contributed by atoms with Crippen LogP contribution in [0, 0.1) is 13.8 Å². The second-order valence-corrected chi connectivity index (χ2v) is 7.47. The van der Waals surface area contributed by atoms with Crippen molar-refractivity contribution >= 4 is 5.95 Å². The smallest absolute Gasteiger partial charge is 0.225 e.